The Balaban J connectivity index is 2.04. The van der Waals surface area contributed by atoms with Crippen LogP contribution in [-0.2, 0) is 0 Å². The molecule has 110 valence electrons. The Kier molecular flexibility index (Phi) is 5.39. The molecular weight excluding hydrogens is 268 g/mol. The van der Waals surface area contributed by atoms with Gasteiger partial charge < -0.3 is 11.5 Å². The molecule has 0 spiro atoms. The van der Waals surface area contributed by atoms with Gasteiger partial charge in [-0.25, -0.2) is 0 Å². The number of nitrogens with two attached hydrogens (primary N) is 2. The summed E-state index contributed by atoms with van der Waals surface area (Å²) in [6.07, 6.45) is 0. The van der Waals surface area contributed by atoms with Crippen LogP contribution in [0.2, 0.25) is 0 Å². The summed E-state index contributed by atoms with van der Waals surface area (Å²) in [5.74, 6) is 11.8. The van der Waals surface area contributed by atoms with Gasteiger partial charge in [0.25, 0.3) is 0 Å². The van der Waals surface area contributed by atoms with E-state index in [1.54, 1.807) is 0 Å². The summed E-state index contributed by atoms with van der Waals surface area (Å²) >= 11 is 0. The van der Waals surface area contributed by atoms with Crippen LogP contribution in [0.1, 0.15) is 48.2 Å². The van der Waals surface area contributed by atoms with Crippen molar-refractivity contribution in [3.63, 3.8) is 0 Å². The fourth-order valence-corrected chi connectivity index (χ4v) is 1.95. The molecule has 2 aromatic carbocycles. The van der Waals surface area contributed by atoms with Gasteiger partial charge in [-0.3, -0.25) is 0 Å². The van der Waals surface area contributed by atoms with Crippen molar-refractivity contribution in [3.05, 3.63) is 70.8 Å². The third kappa shape index (κ3) is 4.50. The highest BCUT2D eigenvalue weighted by Gasteiger charge is 1.97. The number of rotatable bonds is 2. The van der Waals surface area contributed by atoms with E-state index in [4.69, 9.17) is 11.5 Å². The average molecular weight is 288 g/mol. The van der Waals surface area contributed by atoms with Crippen molar-refractivity contribution in [2.75, 3.05) is 0 Å². The predicted octanol–water partition coefficient (Wildman–Crippen LogP) is 3.13. The summed E-state index contributed by atoms with van der Waals surface area (Å²) in [4.78, 5) is 0. The van der Waals surface area contributed by atoms with Crippen molar-refractivity contribution in [1.29, 1.82) is 0 Å². The third-order valence-electron chi connectivity index (χ3n) is 3.35. The Labute approximate surface area is 132 Å². The lowest BCUT2D eigenvalue weighted by molar-refractivity contribution is 0.818. The van der Waals surface area contributed by atoms with Crippen molar-refractivity contribution in [2.24, 2.45) is 11.5 Å². The van der Waals surface area contributed by atoms with Gasteiger partial charge in [0.2, 0.25) is 0 Å². The lowest BCUT2D eigenvalue weighted by Crippen LogP contribution is -2.04. The minimum absolute atomic E-state index is 0.0426. The molecule has 0 bridgehead atoms. The lowest BCUT2D eigenvalue weighted by atomic mass is 10.1. The summed E-state index contributed by atoms with van der Waals surface area (Å²) in [5, 5.41) is 0. The molecule has 0 aliphatic carbocycles. The zero-order valence-electron chi connectivity index (χ0n) is 12.9. The van der Waals surface area contributed by atoms with Crippen LogP contribution in [0.5, 0.6) is 0 Å². The smallest absolute Gasteiger partial charge is 0.0266 e. The molecular formula is C20H20N2. The van der Waals surface area contributed by atoms with E-state index in [0.29, 0.717) is 0 Å². The molecule has 0 radical (unpaired) electrons. The summed E-state index contributed by atoms with van der Waals surface area (Å²) in [6.45, 7) is 3.92. The zero-order valence-corrected chi connectivity index (χ0v) is 12.9. The first-order valence-corrected chi connectivity index (χ1v) is 7.29. The molecule has 22 heavy (non-hydrogen) atoms. The van der Waals surface area contributed by atoms with Crippen LogP contribution < -0.4 is 11.5 Å². The highest BCUT2D eigenvalue weighted by molar-refractivity contribution is 5.45. The van der Waals surface area contributed by atoms with Gasteiger partial charge in [0.15, 0.2) is 0 Å². The van der Waals surface area contributed by atoms with Gasteiger partial charge in [0.1, 0.15) is 0 Å². The second-order valence-corrected chi connectivity index (χ2v) is 5.32. The number of hydrogen-bond acceptors (Lipinski definition) is 2. The molecule has 0 heterocycles. The molecule has 2 heteroatoms. The molecule has 0 fully saturated rings. The van der Waals surface area contributed by atoms with Gasteiger partial charge in [-0.15, -0.1) is 0 Å². The fourth-order valence-electron chi connectivity index (χ4n) is 1.95. The molecule has 2 atom stereocenters. The van der Waals surface area contributed by atoms with Crippen LogP contribution in [-0.4, -0.2) is 0 Å². The van der Waals surface area contributed by atoms with Crippen LogP contribution in [0.4, 0.5) is 0 Å². The summed E-state index contributed by atoms with van der Waals surface area (Å²) in [5.41, 5.74) is 15.7. The molecule has 0 aliphatic rings. The van der Waals surface area contributed by atoms with E-state index >= 15 is 0 Å². The topological polar surface area (TPSA) is 52.0 Å². The summed E-state index contributed by atoms with van der Waals surface area (Å²) in [6, 6.07) is 15.9. The van der Waals surface area contributed by atoms with E-state index in [1.807, 2.05) is 62.4 Å². The Bertz CT molecular complexity index is 663. The van der Waals surface area contributed by atoms with Crippen LogP contribution in [0, 0.1) is 23.7 Å². The first kappa shape index (κ1) is 15.9. The van der Waals surface area contributed by atoms with E-state index in [-0.39, 0.29) is 12.1 Å². The van der Waals surface area contributed by atoms with Crippen LogP contribution in [0.15, 0.2) is 48.5 Å². The molecule has 0 saturated heterocycles. The molecule has 0 aromatic heterocycles. The third-order valence-corrected chi connectivity index (χ3v) is 3.35. The van der Waals surface area contributed by atoms with Crippen molar-refractivity contribution in [2.45, 2.75) is 25.9 Å². The van der Waals surface area contributed by atoms with E-state index in [2.05, 4.69) is 23.7 Å². The maximum atomic E-state index is 5.81. The predicted molar refractivity (Wildman–Crippen MR) is 91.8 cm³/mol. The van der Waals surface area contributed by atoms with E-state index in [1.165, 1.54) is 0 Å². The maximum Gasteiger partial charge on any atom is 0.0266 e. The molecule has 4 N–H and O–H groups in total. The average Bonchev–Trinajstić information content (AvgIpc) is 2.52. The SMILES string of the molecule is C[C@H](N)c1ccc(C#CC#Cc2ccc([C@H](C)N)cc2)cc1. The molecule has 0 amide bonds. The molecule has 2 aromatic rings. The molecule has 0 saturated carbocycles. The van der Waals surface area contributed by atoms with Crippen LogP contribution in [0.3, 0.4) is 0 Å². The van der Waals surface area contributed by atoms with Crippen LogP contribution in [0.25, 0.3) is 0 Å². The van der Waals surface area contributed by atoms with Gasteiger partial charge in [-0.05, 0) is 61.1 Å². The minimum atomic E-state index is 0.0426. The largest absolute Gasteiger partial charge is 0.324 e. The quantitative estimate of drug-likeness (QED) is 0.834. The molecule has 2 nitrogen and oxygen atoms in total. The van der Waals surface area contributed by atoms with Gasteiger partial charge in [-0.2, -0.15) is 0 Å². The minimum Gasteiger partial charge on any atom is -0.324 e. The van der Waals surface area contributed by atoms with E-state index < -0.39 is 0 Å². The summed E-state index contributed by atoms with van der Waals surface area (Å²) in [7, 11) is 0. The highest BCUT2D eigenvalue weighted by atomic mass is 14.6. The van der Waals surface area contributed by atoms with Gasteiger partial charge >= 0.3 is 0 Å². The first-order valence-electron chi connectivity index (χ1n) is 7.29. The molecule has 2 rings (SSSR count). The Hall–Kier alpha value is -2.52. The van der Waals surface area contributed by atoms with Crippen LogP contribution >= 0.6 is 0 Å². The lowest BCUT2D eigenvalue weighted by Gasteiger charge is -2.03. The zero-order chi connectivity index (χ0) is 15.9. The molecule has 0 aliphatic heterocycles. The monoisotopic (exact) mass is 288 g/mol. The standard InChI is InChI=1S/C20H20N2/c1-15(21)19-11-7-17(8-12-19)5-3-4-6-18-9-13-20(14-10-18)16(2)22/h7-16H,21-22H2,1-2H3/t15-,16-/m0/s1. The first-order chi connectivity index (χ1) is 10.6. The van der Waals surface area contributed by atoms with Crippen molar-refractivity contribution < 1.29 is 0 Å². The second-order valence-electron chi connectivity index (χ2n) is 5.32. The Morgan fingerprint density at radius 3 is 1.23 bits per heavy atom. The Morgan fingerprint density at radius 1 is 0.636 bits per heavy atom. The van der Waals surface area contributed by atoms with E-state index in [9.17, 15) is 0 Å². The number of hydrogen-bond donors (Lipinski definition) is 2. The highest BCUT2D eigenvalue weighted by Crippen LogP contribution is 2.10. The second kappa shape index (κ2) is 7.48. The maximum absolute atomic E-state index is 5.81. The fraction of sp³-hybridized carbons (Fsp3) is 0.200. The normalized spacial score (nSPS) is 12.4. The summed E-state index contributed by atoms with van der Waals surface area (Å²) < 4.78 is 0. The van der Waals surface area contributed by atoms with E-state index in [0.717, 1.165) is 22.3 Å². The van der Waals surface area contributed by atoms with Gasteiger partial charge in [0.05, 0.1) is 0 Å². The van der Waals surface area contributed by atoms with Crippen molar-refractivity contribution in [3.8, 4) is 23.7 Å². The molecule has 0 unspecified atom stereocenters. The van der Waals surface area contributed by atoms with Gasteiger partial charge in [0, 0.05) is 23.2 Å². The van der Waals surface area contributed by atoms with Crippen molar-refractivity contribution in [1.82, 2.24) is 0 Å². The van der Waals surface area contributed by atoms with Crippen molar-refractivity contribution >= 4 is 0 Å². The Morgan fingerprint density at radius 2 is 0.955 bits per heavy atom. The van der Waals surface area contributed by atoms with Gasteiger partial charge in [-0.1, -0.05) is 36.1 Å². The number of benzene rings is 2.